The largest absolute Gasteiger partial charge is 0.387 e. The van der Waals surface area contributed by atoms with Crippen molar-refractivity contribution in [3.63, 3.8) is 0 Å². The van der Waals surface area contributed by atoms with Crippen molar-refractivity contribution in [3.8, 4) is 0 Å². The fourth-order valence-corrected chi connectivity index (χ4v) is 1.53. The average molecular weight is 212 g/mol. The van der Waals surface area contributed by atoms with Crippen LogP contribution in [0.3, 0.4) is 0 Å². The predicted octanol–water partition coefficient (Wildman–Crippen LogP) is 1.72. The van der Waals surface area contributed by atoms with Crippen LogP contribution in [0.5, 0.6) is 0 Å². The molecule has 0 spiro atoms. The van der Waals surface area contributed by atoms with Gasteiger partial charge in [0.25, 0.3) is 0 Å². The van der Waals surface area contributed by atoms with E-state index in [1.807, 2.05) is 12.1 Å². The summed E-state index contributed by atoms with van der Waals surface area (Å²) >= 11 is 5.64. The first-order chi connectivity index (χ1) is 6.81. The molecule has 1 aromatic rings. The molecular formula is C9H10ClN3O. The van der Waals surface area contributed by atoms with E-state index in [4.69, 9.17) is 22.2 Å². The molecule has 2 N–H and O–H groups in total. The van der Waals surface area contributed by atoms with Crippen molar-refractivity contribution in [1.29, 1.82) is 0 Å². The Hall–Kier alpha value is -1.29. The van der Waals surface area contributed by atoms with Crippen molar-refractivity contribution in [2.24, 2.45) is 5.16 Å². The lowest BCUT2D eigenvalue weighted by Crippen LogP contribution is -2.05. The molecule has 0 fully saturated rings. The number of rotatable bonds is 2. The summed E-state index contributed by atoms with van der Waals surface area (Å²) in [5, 5.41) is 3.85. The summed E-state index contributed by atoms with van der Waals surface area (Å²) in [6.07, 6.45) is 2.22. The Kier molecular flexibility index (Phi) is 2.54. The number of aromatic nitrogens is 1. The van der Waals surface area contributed by atoms with Gasteiger partial charge in [0, 0.05) is 18.2 Å². The summed E-state index contributed by atoms with van der Waals surface area (Å²) < 4.78 is 0. The Balaban J connectivity index is 2.16. The summed E-state index contributed by atoms with van der Waals surface area (Å²) in [5.74, 6) is 0.889. The van der Waals surface area contributed by atoms with Crippen LogP contribution in [0.15, 0.2) is 23.5 Å². The lowest BCUT2D eigenvalue weighted by molar-refractivity contribution is 0.0860. The van der Waals surface area contributed by atoms with Crippen molar-refractivity contribution < 1.29 is 4.84 Å². The quantitative estimate of drug-likeness (QED) is 0.758. The molecule has 1 atom stereocenters. The third-order valence-corrected chi connectivity index (χ3v) is 2.41. The molecule has 1 unspecified atom stereocenters. The van der Waals surface area contributed by atoms with Gasteiger partial charge in [-0.1, -0.05) is 5.16 Å². The molecule has 0 aromatic carbocycles. The van der Waals surface area contributed by atoms with Crippen LogP contribution in [0.1, 0.15) is 18.1 Å². The van der Waals surface area contributed by atoms with Gasteiger partial charge in [0.1, 0.15) is 5.82 Å². The van der Waals surface area contributed by atoms with Crippen LogP contribution >= 0.6 is 11.6 Å². The normalized spacial score (nSPS) is 20.4. The molecular weight excluding hydrogens is 202 g/mol. The molecule has 2 rings (SSSR count). The monoisotopic (exact) mass is 211 g/mol. The van der Waals surface area contributed by atoms with Crippen LogP contribution in [-0.4, -0.2) is 16.6 Å². The van der Waals surface area contributed by atoms with E-state index in [2.05, 4.69) is 10.1 Å². The molecule has 1 aliphatic rings. The van der Waals surface area contributed by atoms with Crippen LogP contribution in [0.25, 0.3) is 0 Å². The van der Waals surface area contributed by atoms with Crippen LogP contribution in [0.4, 0.5) is 5.82 Å². The number of hydrogen-bond acceptors (Lipinski definition) is 4. The third-order valence-electron chi connectivity index (χ3n) is 2.10. The number of halogens is 1. The SMILES string of the molecule is Nc1ncccc1C1CC(CCl)=NO1. The smallest absolute Gasteiger partial charge is 0.161 e. The van der Waals surface area contributed by atoms with Crippen molar-refractivity contribution in [1.82, 2.24) is 4.98 Å². The standard InChI is InChI=1S/C9H10ClN3O/c10-5-6-4-8(14-13-6)7-2-1-3-12-9(7)11/h1-3,8H,4-5H2,(H2,11,12). The highest BCUT2D eigenvalue weighted by molar-refractivity contribution is 6.28. The van der Waals surface area contributed by atoms with Gasteiger partial charge in [-0.2, -0.15) is 0 Å². The van der Waals surface area contributed by atoms with E-state index >= 15 is 0 Å². The zero-order valence-corrected chi connectivity index (χ0v) is 8.24. The van der Waals surface area contributed by atoms with Gasteiger partial charge in [0.2, 0.25) is 0 Å². The van der Waals surface area contributed by atoms with Crippen LogP contribution < -0.4 is 5.73 Å². The summed E-state index contributed by atoms with van der Waals surface area (Å²) in [7, 11) is 0. The molecule has 0 saturated heterocycles. The minimum absolute atomic E-state index is 0.127. The Bertz CT molecular complexity index is 367. The molecule has 1 aliphatic heterocycles. The topological polar surface area (TPSA) is 60.5 Å². The van der Waals surface area contributed by atoms with Gasteiger partial charge in [0.15, 0.2) is 6.10 Å². The molecule has 5 heteroatoms. The third kappa shape index (κ3) is 1.65. The van der Waals surface area contributed by atoms with E-state index in [0.717, 1.165) is 11.3 Å². The van der Waals surface area contributed by atoms with Crippen molar-refractivity contribution in [2.45, 2.75) is 12.5 Å². The van der Waals surface area contributed by atoms with E-state index in [-0.39, 0.29) is 6.10 Å². The number of nitrogen functional groups attached to an aromatic ring is 1. The Morgan fingerprint density at radius 1 is 1.64 bits per heavy atom. The highest BCUT2D eigenvalue weighted by Crippen LogP contribution is 2.29. The number of hydrogen-bond donors (Lipinski definition) is 1. The molecule has 74 valence electrons. The minimum atomic E-state index is -0.127. The number of nitrogens with two attached hydrogens (primary N) is 1. The number of pyridine rings is 1. The van der Waals surface area contributed by atoms with Gasteiger partial charge >= 0.3 is 0 Å². The van der Waals surface area contributed by atoms with Gasteiger partial charge in [-0.25, -0.2) is 4.98 Å². The highest BCUT2D eigenvalue weighted by atomic mass is 35.5. The number of alkyl halides is 1. The van der Waals surface area contributed by atoms with E-state index in [9.17, 15) is 0 Å². The van der Waals surface area contributed by atoms with Crippen LogP contribution in [-0.2, 0) is 4.84 Å². The zero-order chi connectivity index (χ0) is 9.97. The molecule has 0 saturated carbocycles. The summed E-state index contributed by atoms with van der Waals surface area (Å²) in [6, 6.07) is 3.72. The highest BCUT2D eigenvalue weighted by Gasteiger charge is 2.24. The molecule has 0 bridgehead atoms. The summed E-state index contributed by atoms with van der Waals surface area (Å²) in [6.45, 7) is 0. The summed E-state index contributed by atoms with van der Waals surface area (Å²) in [4.78, 5) is 9.20. The predicted molar refractivity (Wildman–Crippen MR) is 55.2 cm³/mol. The molecule has 2 heterocycles. The fraction of sp³-hybridized carbons (Fsp3) is 0.333. The van der Waals surface area contributed by atoms with Crippen molar-refractivity contribution in [2.75, 3.05) is 11.6 Å². The van der Waals surface area contributed by atoms with Gasteiger partial charge in [-0.15, -0.1) is 11.6 Å². The fourth-order valence-electron chi connectivity index (χ4n) is 1.37. The molecule has 4 nitrogen and oxygen atoms in total. The maximum Gasteiger partial charge on any atom is 0.161 e. The van der Waals surface area contributed by atoms with Gasteiger partial charge in [-0.3, -0.25) is 0 Å². The molecule has 1 aromatic heterocycles. The number of oxime groups is 1. The molecule has 0 radical (unpaired) electrons. The van der Waals surface area contributed by atoms with Crippen LogP contribution in [0.2, 0.25) is 0 Å². The maximum absolute atomic E-state index is 5.71. The van der Waals surface area contributed by atoms with Crippen LogP contribution in [0, 0.1) is 0 Å². The second-order valence-corrected chi connectivity index (χ2v) is 3.33. The molecule has 14 heavy (non-hydrogen) atoms. The van der Waals surface area contributed by atoms with Gasteiger partial charge in [0.05, 0.1) is 11.6 Å². The zero-order valence-electron chi connectivity index (χ0n) is 7.48. The van der Waals surface area contributed by atoms with E-state index in [1.165, 1.54) is 0 Å². The average Bonchev–Trinajstić information content (AvgIpc) is 2.67. The maximum atomic E-state index is 5.71. The Morgan fingerprint density at radius 2 is 2.50 bits per heavy atom. The first kappa shape index (κ1) is 9.27. The van der Waals surface area contributed by atoms with Gasteiger partial charge in [-0.05, 0) is 12.1 Å². The Labute approximate surface area is 86.7 Å². The first-order valence-corrected chi connectivity index (χ1v) is 4.82. The van der Waals surface area contributed by atoms with Crippen molar-refractivity contribution in [3.05, 3.63) is 23.9 Å². The number of anilines is 1. The second kappa shape index (κ2) is 3.84. The Morgan fingerprint density at radius 3 is 3.14 bits per heavy atom. The lowest BCUT2D eigenvalue weighted by atomic mass is 10.1. The first-order valence-electron chi connectivity index (χ1n) is 4.29. The lowest BCUT2D eigenvalue weighted by Gasteiger charge is -2.09. The molecule has 0 amide bonds. The second-order valence-electron chi connectivity index (χ2n) is 3.07. The van der Waals surface area contributed by atoms with Gasteiger partial charge < -0.3 is 10.6 Å². The van der Waals surface area contributed by atoms with Crippen molar-refractivity contribution >= 4 is 23.1 Å². The molecule has 0 aliphatic carbocycles. The van der Waals surface area contributed by atoms with E-state index < -0.39 is 0 Å². The number of nitrogens with zero attached hydrogens (tertiary/aromatic N) is 2. The van der Waals surface area contributed by atoms with E-state index in [0.29, 0.717) is 18.1 Å². The summed E-state index contributed by atoms with van der Waals surface area (Å²) in [5.41, 5.74) is 7.43. The van der Waals surface area contributed by atoms with E-state index in [1.54, 1.807) is 6.20 Å². The minimum Gasteiger partial charge on any atom is -0.387 e.